The molecule has 0 fully saturated rings. The summed E-state index contributed by atoms with van der Waals surface area (Å²) in [6.07, 6.45) is 2.06. The second-order valence-electron chi connectivity index (χ2n) is 7.50. The lowest BCUT2D eigenvalue weighted by atomic mass is 9.87. The van der Waals surface area contributed by atoms with Gasteiger partial charge in [0.15, 0.2) is 6.10 Å². The third kappa shape index (κ3) is 4.28. The second-order valence-corrected chi connectivity index (χ2v) is 8.50. The number of esters is 1. The summed E-state index contributed by atoms with van der Waals surface area (Å²) in [5.74, 6) is -0.797. The Morgan fingerprint density at radius 3 is 2.67 bits per heavy atom. The van der Waals surface area contributed by atoms with Crippen molar-refractivity contribution in [1.82, 2.24) is 10.3 Å². The number of benzene rings is 2. The third-order valence-electron chi connectivity index (χ3n) is 5.34. The minimum absolute atomic E-state index is 0.0431. The van der Waals surface area contributed by atoms with Crippen LogP contribution in [0.15, 0.2) is 54.6 Å². The van der Waals surface area contributed by atoms with Crippen molar-refractivity contribution in [1.29, 1.82) is 0 Å². The molecule has 0 saturated heterocycles. The van der Waals surface area contributed by atoms with Crippen molar-refractivity contribution >= 4 is 23.2 Å². The largest absolute Gasteiger partial charge is 0.448 e. The van der Waals surface area contributed by atoms with Crippen LogP contribution in [0.25, 0.3) is 10.6 Å². The normalized spacial score (nSPS) is 16.4. The van der Waals surface area contributed by atoms with Crippen LogP contribution in [-0.2, 0) is 16.0 Å². The van der Waals surface area contributed by atoms with Crippen LogP contribution in [0.5, 0.6) is 0 Å². The number of amides is 1. The van der Waals surface area contributed by atoms with Crippen LogP contribution in [0.3, 0.4) is 0 Å². The van der Waals surface area contributed by atoms with Crippen molar-refractivity contribution in [2.24, 2.45) is 0 Å². The molecule has 0 unspecified atom stereocenters. The minimum Gasteiger partial charge on any atom is -0.448 e. The summed E-state index contributed by atoms with van der Waals surface area (Å²) in [5.41, 5.74) is 3.98. The van der Waals surface area contributed by atoms with E-state index in [4.69, 9.17) is 4.74 Å². The number of nitrogens with one attached hydrogen (secondary N) is 1. The number of carbonyl (C=O) groups is 2. The highest BCUT2D eigenvalue weighted by molar-refractivity contribution is 7.17. The first-order valence-electron chi connectivity index (χ1n) is 10.1. The molecule has 0 aliphatic heterocycles. The maximum atomic E-state index is 12.7. The van der Waals surface area contributed by atoms with E-state index in [1.807, 2.05) is 42.5 Å². The topological polar surface area (TPSA) is 68.3 Å². The predicted molar refractivity (Wildman–Crippen MR) is 117 cm³/mol. The number of fused-ring (bicyclic) bond motifs is 1. The van der Waals surface area contributed by atoms with Gasteiger partial charge < -0.3 is 10.1 Å². The van der Waals surface area contributed by atoms with Gasteiger partial charge in [0.2, 0.25) is 0 Å². The number of aromatic nitrogens is 1. The summed E-state index contributed by atoms with van der Waals surface area (Å²) in [5, 5.41) is 3.81. The van der Waals surface area contributed by atoms with Gasteiger partial charge in [-0.15, -0.1) is 11.3 Å². The summed E-state index contributed by atoms with van der Waals surface area (Å²) >= 11 is 1.28. The Morgan fingerprint density at radius 2 is 1.87 bits per heavy atom. The molecule has 154 valence electrons. The number of hydrogen-bond acceptors (Lipinski definition) is 5. The van der Waals surface area contributed by atoms with Crippen LogP contribution in [0.1, 0.15) is 52.3 Å². The molecule has 30 heavy (non-hydrogen) atoms. The Morgan fingerprint density at radius 1 is 1.13 bits per heavy atom. The Hall–Kier alpha value is -2.99. The number of rotatable bonds is 5. The molecule has 1 N–H and O–H groups in total. The standard InChI is InChI=1S/C24H24N2O3S/c1-15-21(30-23(25-15)18-10-4-3-5-11-18)24(28)29-16(2)22(27)26-20-14-8-12-17-9-6-7-13-19(17)20/h3-7,9-11,13,16,20H,8,12,14H2,1-2H3,(H,26,27)/t16-,20+/m0/s1. The number of nitrogens with zero attached hydrogens (tertiary/aromatic N) is 1. The van der Waals surface area contributed by atoms with E-state index in [2.05, 4.69) is 22.4 Å². The van der Waals surface area contributed by atoms with E-state index in [0.717, 1.165) is 35.4 Å². The summed E-state index contributed by atoms with van der Waals surface area (Å²) in [4.78, 5) is 30.3. The van der Waals surface area contributed by atoms with Crippen LogP contribution in [-0.4, -0.2) is 23.0 Å². The molecule has 0 spiro atoms. The van der Waals surface area contributed by atoms with E-state index in [-0.39, 0.29) is 11.9 Å². The molecular formula is C24H24N2O3S. The van der Waals surface area contributed by atoms with Gasteiger partial charge in [-0.2, -0.15) is 0 Å². The van der Waals surface area contributed by atoms with Crippen molar-refractivity contribution in [3.05, 3.63) is 76.3 Å². The van der Waals surface area contributed by atoms with Gasteiger partial charge in [0.25, 0.3) is 5.91 Å². The van der Waals surface area contributed by atoms with Gasteiger partial charge in [0.05, 0.1) is 11.7 Å². The number of carbonyl (C=O) groups excluding carboxylic acids is 2. The smallest absolute Gasteiger partial charge is 0.351 e. The van der Waals surface area contributed by atoms with Gasteiger partial charge in [0.1, 0.15) is 9.88 Å². The SMILES string of the molecule is Cc1nc(-c2ccccc2)sc1C(=O)O[C@@H](C)C(=O)N[C@@H]1CCCc2ccccc21. The maximum absolute atomic E-state index is 12.7. The van der Waals surface area contributed by atoms with Gasteiger partial charge in [-0.05, 0) is 44.2 Å². The zero-order chi connectivity index (χ0) is 21.1. The van der Waals surface area contributed by atoms with E-state index in [9.17, 15) is 9.59 Å². The van der Waals surface area contributed by atoms with Crippen molar-refractivity contribution in [3.8, 4) is 10.6 Å². The van der Waals surface area contributed by atoms with Gasteiger partial charge in [-0.1, -0.05) is 54.6 Å². The molecule has 0 saturated carbocycles. The van der Waals surface area contributed by atoms with Crippen LogP contribution in [0, 0.1) is 6.92 Å². The van der Waals surface area contributed by atoms with E-state index < -0.39 is 12.1 Å². The molecule has 2 atom stereocenters. The first-order valence-corrected chi connectivity index (χ1v) is 11.0. The van der Waals surface area contributed by atoms with Crippen LogP contribution < -0.4 is 5.32 Å². The number of aryl methyl sites for hydroxylation is 2. The Labute approximate surface area is 180 Å². The lowest BCUT2D eigenvalue weighted by Crippen LogP contribution is -2.39. The molecule has 0 radical (unpaired) electrons. The molecule has 5 nitrogen and oxygen atoms in total. The van der Waals surface area contributed by atoms with Crippen LogP contribution in [0.4, 0.5) is 0 Å². The molecular weight excluding hydrogens is 396 g/mol. The summed E-state index contributed by atoms with van der Waals surface area (Å²) in [6, 6.07) is 17.8. The zero-order valence-corrected chi connectivity index (χ0v) is 17.9. The fraction of sp³-hybridized carbons (Fsp3) is 0.292. The first-order chi connectivity index (χ1) is 14.5. The predicted octanol–water partition coefficient (Wildman–Crippen LogP) is 4.86. The lowest BCUT2D eigenvalue weighted by molar-refractivity contribution is -0.130. The molecule has 1 amide bonds. The van der Waals surface area contributed by atoms with Gasteiger partial charge in [0, 0.05) is 5.56 Å². The van der Waals surface area contributed by atoms with E-state index in [1.54, 1.807) is 13.8 Å². The zero-order valence-electron chi connectivity index (χ0n) is 17.1. The molecule has 0 bridgehead atoms. The molecule has 2 aromatic carbocycles. The number of thiazole rings is 1. The fourth-order valence-electron chi connectivity index (χ4n) is 3.75. The third-order valence-corrected chi connectivity index (χ3v) is 6.53. The van der Waals surface area contributed by atoms with E-state index in [0.29, 0.717) is 10.6 Å². The van der Waals surface area contributed by atoms with Crippen molar-refractivity contribution in [2.75, 3.05) is 0 Å². The maximum Gasteiger partial charge on any atom is 0.351 e. The lowest BCUT2D eigenvalue weighted by Gasteiger charge is -2.27. The number of ether oxygens (including phenoxy) is 1. The van der Waals surface area contributed by atoms with Gasteiger partial charge >= 0.3 is 5.97 Å². The molecule has 1 aliphatic carbocycles. The second kappa shape index (κ2) is 8.79. The van der Waals surface area contributed by atoms with Crippen LogP contribution in [0.2, 0.25) is 0 Å². The minimum atomic E-state index is -0.881. The molecule has 1 aliphatic rings. The Balaban J connectivity index is 1.42. The highest BCUT2D eigenvalue weighted by atomic mass is 32.1. The highest BCUT2D eigenvalue weighted by Crippen LogP contribution is 2.30. The van der Waals surface area contributed by atoms with Crippen LogP contribution >= 0.6 is 11.3 Å². The molecule has 4 rings (SSSR count). The Bertz CT molecular complexity index is 1060. The average molecular weight is 421 g/mol. The highest BCUT2D eigenvalue weighted by Gasteiger charge is 2.27. The first kappa shape index (κ1) is 20.3. The van der Waals surface area contributed by atoms with Crippen molar-refractivity contribution in [2.45, 2.75) is 45.3 Å². The average Bonchev–Trinajstić information content (AvgIpc) is 3.16. The van der Waals surface area contributed by atoms with Crippen molar-refractivity contribution in [3.63, 3.8) is 0 Å². The van der Waals surface area contributed by atoms with Gasteiger partial charge in [-0.3, -0.25) is 4.79 Å². The van der Waals surface area contributed by atoms with E-state index >= 15 is 0 Å². The molecule has 1 heterocycles. The van der Waals surface area contributed by atoms with Crippen molar-refractivity contribution < 1.29 is 14.3 Å². The monoisotopic (exact) mass is 420 g/mol. The number of hydrogen-bond donors (Lipinski definition) is 1. The summed E-state index contributed by atoms with van der Waals surface area (Å²) in [7, 11) is 0. The van der Waals surface area contributed by atoms with E-state index in [1.165, 1.54) is 16.9 Å². The van der Waals surface area contributed by atoms with Gasteiger partial charge in [-0.25, -0.2) is 9.78 Å². The molecule has 1 aromatic heterocycles. The molecule has 6 heteroatoms. The molecule has 3 aromatic rings. The quantitative estimate of drug-likeness (QED) is 0.599. The Kier molecular flexibility index (Phi) is 5.95. The summed E-state index contributed by atoms with van der Waals surface area (Å²) < 4.78 is 5.48. The summed E-state index contributed by atoms with van der Waals surface area (Å²) in [6.45, 7) is 3.39. The fourth-order valence-corrected chi connectivity index (χ4v) is 4.71.